The molecule has 0 aliphatic carbocycles. The zero-order valence-electron chi connectivity index (χ0n) is 8.74. The van der Waals surface area contributed by atoms with Crippen molar-refractivity contribution in [1.82, 2.24) is 25.7 Å². The van der Waals surface area contributed by atoms with E-state index in [1.54, 1.807) is 13.1 Å². The van der Waals surface area contributed by atoms with Gasteiger partial charge in [0.15, 0.2) is 5.82 Å². The van der Waals surface area contributed by atoms with Crippen LogP contribution in [-0.4, -0.2) is 20.3 Å². The van der Waals surface area contributed by atoms with Gasteiger partial charge in [0.05, 0.1) is 12.7 Å². The standard InChI is InChI=1S/C9H13N5O/c1-6-8(4-11-13-6)3-10-5-9-12-7(2)14-15-9/h4,10H,3,5H2,1-2H3,(H,11,13). The molecule has 2 heterocycles. The van der Waals surface area contributed by atoms with Crippen molar-refractivity contribution in [2.24, 2.45) is 0 Å². The van der Waals surface area contributed by atoms with Crippen LogP contribution >= 0.6 is 0 Å². The maximum atomic E-state index is 4.97. The van der Waals surface area contributed by atoms with Gasteiger partial charge in [0, 0.05) is 17.8 Å². The Bertz CT molecular complexity index is 433. The minimum absolute atomic E-state index is 0.575. The summed E-state index contributed by atoms with van der Waals surface area (Å²) in [7, 11) is 0. The first-order valence-corrected chi connectivity index (χ1v) is 4.74. The molecule has 0 unspecified atom stereocenters. The Morgan fingerprint density at radius 2 is 2.27 bits per heavy atom. The van der Waals surface area contributed by atoms with Gasteiger partial charge >= 0.3 is 0 Å². The predicted octanol–water partition coefficient (Wildman–Crippen LogP) is 0.699. The Kier molecular flexibility index (Phi) is 2.77. The van der Waals surface area contributed by atoms with E-state index in [-0.39, 0.29) is 0 Å². The molecule has 0 atom stereocenters. The third kappa shape index (κ3) is 2.41. The van der Waals surface area contributed by atoms with Crippen LogP contribution in [0.15, 0.2) is 10.7 Å². The summed E-state index contributed by atoms with van der Waals surface area (Å²) >= 11 is 0. The maximum absolute atomic E-state index is 4.97. The lowest BCUT2D eigenvalue weighted by atomic mass is 10.3. The molecule has 0 amide bonds. The fourth-order valence-electron chi connectivity index (χ4n) is 1.27. The molecule has 0 spiro atoms. The van der Waals surface area contributed by atoms with Gasteiger partial charge in [0.25, 0.3) is 0 Å². The molecular formula is C9H13N5O. The second-order valence-corrected chi connectivity index (χ2v) is 3.36. The van der Waals surface area contributed by atoms with E-state index in [1.165, 1.54) is 0 Å². The van der Waals surface area contributed by atoms with Gasteiger partial charge < -0.3 is 9.84 Å². The summed E-state index contributed by atoms with van der Waals surface area (Å²) < 4.78 is 4.97. The number of rotatable bonds is 4. The molecule has 0 radical (unpaired) electrons. The lowest BCUT2D eigenvalue weighted by Crippen LogP contribution is -2.13. The average Bonchev–Trinajstić information content (AvgIpc) is 2.77. The summed E-state index contributed by atoms with van der Waals surface area (Å²) in [6.45, 7) is 5.10. The normalized spacial score (nSPS) is 10.8. The van der Waals surface area contributed by atoms with Crippen LogP contribution in [0.5, 0.6) is 0 Å². The lowest BCUT2D eigenvalue weighted by molar-refractivity contribution is 0.364. The van der Waals surface area contributed by atoms with Crippen LogP contribution in [0, 0.1) is 13.8 Å². The quantitative estimate of drug-likeness (QED) is 0.771. The number of H-pyrrole nitrogens is 1. The Morgan fingerprint density at radius 3 is 2.87 bits per heavy atom. The van der Waals surface area contributed by atoms with E-state index in [4.69, 9.17) is 4.52 Å². The smallest absolute Gasteiger partial charge is 0.240 e. The molecule has 80 valence electrons. The van der Waals surface area contributed by atoms with Gasteiger partial charge in [-0.15, -0.1) is 0 Å². The summed E-state index contributed by atoms with van der Waals surface area (Å²) in [6, 6.07) is 0. The number of hydrogen-bond acceptors (Lipinski definition) is 5. The molecule has 0 fully saturated rings. The van der Waals surface area contributed by atoms with Gasteiger partial charge in [-0.3, -0.25) is 5.10 Å². The van der Waals surface area contributed by atoms with Gasteiger partial charge in [0.2, 0.25) is 5.89 Å². The van der Waals surface area contributed by atoms with E-state index in [1.807, 2.05) is 6.92 Å². The minimum Gasteiger partial charge on any atom is -0.338 e. The third-order valence-corrected chi connectivity index (χ3v) is 2.10. The highest BCUT2D eigenvalue weighted by molar-refractivity contribution is 5.13. The number of hydrogen-bond donors (Lipinski definition) is 2. The highest BCUT2D eigenvalue weighted by Gasteiger charge is 2.03. The van der Waals surface area contributed by atoms with E-state index in [0.29, 0.717) is 18.3 Å². The number of nitrogens with one attached hydrogen (secondary N) is 2. The van der Waals surface area contributed by atoms with E-state index in [9.17, 15) is 0 Å². The van der Waals surface area contributed by atoms with Crippen LogP contribution in [0.2, 0.25) is 0 Å². The number of aryl methyl sites for hydroxylation is 2. The van der Waals surface area contributed by atoms with Crippen molar-refractivity contribution in [3.63, 3.8) is 0 Å². The second kappa shape index (κ2) is 4.22. The van der Waals surface area contributed by atoms with Crippen LogP contribution < -0.4 is 5.32 Å². The van der Waals surface area contributed by atoms with Gasteiger partial charge in [-0.25, -0.2) is 0 Å². The molecule has 2 aromatic heterocycles. The Balaban J connectivity index is 1.83. The molecule has 0 saturated heterocycles. The summed E-state index contributed by atoms with van der Waals surface area (Å²) in [6.07, 6.45) is 1.81. The van der Waals surface area contributed by atoms with Gasteiger partial charge in [-0.1, -0.05) is 5.16 Å². The highest BCUT2D eigenvalue weighted by atomic mass is 16.5. The van der Waals surface area contributed by atoms with Crippen molar-refractivity contribution in [3.05, 3.63) is 29.2 Å². The van der Waals surface area contributed by atoms with Crippen LogP contribution in [0.1, 0.15) is 23.0 Å². The SMILES string of the molecule is Cc1noc(CNCc2cn[nH]c2C)n1. The fraction of sp³-hybridized carbons (Fsp3) is 0.444. The van der Waals surface area contributed by atoms with Crippen molar-refractivity contribution in [1.29, 1.82) is 0 Å². The highest BCUT2D eigenvalue weighted by Crippen LogP contribution is 2.02. The molecule has 2 N–H and O–H groups in total. The average molecular weight is 207 g/mol. The van der Waals surface area contributed by atoms with Crippen molar-refractivity contribution < 1.29 is 4.52 Å². The van der Waals surface area contributed by atoms with Gasteiger partial charge in [-0.05, 0) is 13.8 Å². The van der Waals surface area contributed by atoms with Gasteiger partial charge in [-0.2, -0.15) is 10.1 Å². The summed E-state index contributed by atoms with van der Waals surface area (Å²) in [4.78, 5) is 4.09. The molecule has 0 aliphatic heterocycles. The molecule has 6 nitrogen and oxygen atoms in total. The predicted molar refractivity (Wildman–Crippen MR) is 52.9 cm³/mol. The van der Waals surface area contributed by atoms with Crippen molar-refractivity contribution in [2.45, 2.75) is 26.9 Å². The van der Waals surface area contributed by atoms with Crippen molar-refractivity contribution >= 4 is 0 Å². The Hall–Kier alpha value is -1.69. The minimum atomic E-state index is 0.575. The van der Waals surface area contributed by atoms with Crippen LogP contribution in [-0.2, 0) is 13.1 Å². The van der Waals surface area contributed by atoms with E-state index < -0.39 is 0 Å². The first-order chi connectivity index (χ1) is 7.25. The van der Waals surface area contributed by atoms with Gasteiger partial charge in [0.1, 0.15) is 0 Å². The molecule has 2 aromatic rings. The molecule has 0 aromatic carbocycles. The number of aromatic nitrogens is 4. The van der Waals surface area contributed by atoms with Crippen LogP contribution in [0.3, 0.4) is 0 Å². The van der Waals surface area contributed by atoms with Crippen LogP contribution in [0.25, 0.3) is 0 Å². The molecule has 2 rings (SSSR count). The lowest BCUT2D eigenvalue weighted by Gasteiger charge is -1.99. The number of aromatic amines is 1. The fourth-order valence-corrected chi connectivity index (χ4v) is 1.27. The van der Waals surface area contributed by atoms with Crippen molar-refractivity contribution in [3.8, 4) is 0 Å². The van der Waals surface area contributed by atoms with Crippen molar-refractivity contribution in [2.75, 3.05) is 0 Å². The first kappa shape index (κ1) is 9.85. The topological polar surface area (TPSA) is 79.6 Å². The zero-order valence-corrected chi connectivity index (χ0v) is 8.74. The zero-order chi connectivity index (χ0) is 10.7. The first-order valence-electron chi connectivity index (χ1n) is 4.74. The third-order valence-electron chi connectivity index (χ3n) is 2.10. The monoisotopic (exact) mass is 207 g/mol. The second-order valence-electron chi connectivity index (χ2n) is 3.36. The maximum Gasteiger partial charge on any atom is 0.240 e. The summed E-state index contributed by atoms with van der Waals surface area (Å²) in [5.41, 5.74) is 2.22. The Labute approximate surface area is 87.1 Å². The summed E-state index contributed by atoms with van der Waals surface area (Å²) in [5.74, 6) is 1.26. The summed E-state index contributed by atoms with van der Waals surface area (Å²) in [5, 5.41) is 13.7. The van der Waals surface area contributed by atoms with Crippen LogP contribution in [0.4, 0.5) is 0 Å². The largest absolute Gasteiger partial charge is 0.338 e. The Morgan fingerprint density at radius 1 is 1.40 bits per heavy atom. The van der Waals surface area contributed by atoms with E-state index in [0.717, 1.165) is 17.8 Å². The van der Waals surface area contributed by atoms with E-state index in [2.05, 4.69) is 25.7 Å². The molecule has 0 bridgehead atoms. The molecular weight excluding hydrogens is 194 g/mol. The molecule has 15 heavy (non-hydrogen) atoms. The molecule has 0 aliphatic rings. The molecule has 0 saturated carbocycles. The van der Waals surface area contributed by atoms with E-state index >= 15 is 0 Å². The number of nitrogens with zero attached hydrogens (tertiary/aromatic N) is 3. The molecule has 6 heteroatoms.